The quantitative estimate of drug-likeness (QED) is 0.627. The fourth-order valence-electron chi connectivity index (χ4n) is 3.03. The first-order valence-electron chi connectivity index (χ1n) is 8.63. The Kier molecular flexibility index (Phi) is 5.77. The molecule has 4 rings (SSSR count). The number of rotatable bonds is 5. The first kappa shape index (κ1) is 19.1. The zero-order valence-corrected chi connectivity index (χ0v) is 16.9. The van der Waals surface area contributed by atoms with E-state index in [2.05, 4.69) is 26.9 Å². The molecule has 0 fully saturated rings. The van der Waals surface area contributed by atoms with Gasteiger partial charge in [0.2, 0.25) is 11.0 Å². The minimum Gasteiger partial charge on any atom is -0.483 e. The van der Waals surface area contributed by atoms with Crippen LogP contribution in [-0.2, 0) is 17.8 Å². The molecule has 2 heterocycles. The minimum absolute atomic E-state index is 0.154. The number of carbonyl (C=O) groups is 1. The normalized spacial score (nSPS) is 15.7. The van der Waals surface area contributed by atoms with Crippen LogP contribution in [0.25, 0.3) is 0 Å². The summed E-state index contributed by atoms with van der Waals surface area (Å²) in [4.78, 5) is 12.7. The summed E-state index contributed by atoms with van der Waals surface area (Å²) in [5.74, 6) is 0.236. The Morgan fingerprint density at radius 3 is 2.79 bits per heavy atom. The molecule has 2 N–H and O–H groups in total. The molecular weight excluding hydrogens is 419 g/mol. The van der Waals surface area contributed by atoms with Crippen molar-refractivity contribution in [1.82, 2.24) is 15.5 Å². The average Bonchev–Trinajstić information content (AvgIpc) is 3.14. The molecule has 6 nitrogen and oxygen atoms in total. The van der Waals surface area contributed by atoms with E-state index >= 15 is 0 Å². The highest BCUT2D eigenvalue weighted by atomic mass is 35.5. The van der Waals surface area contributed by atoms with Crippen LogP contribution >= 0.6 is 34.5 Å². The monoisotopic (exact) mass is 434 g/mol. The molecule has 1 amide bonds. The number of benzene rings is 2. The lowest BCUT2D eigenvalue weighted by Gasteiger charge is -2.25. The summed E-state index contributed by atoms with van der Waals surface area (Å²) in [6.07, 6.45) is 0.908. The van der Waals surface area contributed by atoms with Crippen LogP contribution in [0.2, 0.25) is 10.0 Å². The summed E-state index contributed by atoms with van der Waals surface area (Å²) in [5.41, 5.74) is 2.18. The Morgan fingerprint density at radius 1 is 1.18 bits per heavy atom. The summed E-state index contributed by atoms with van der Waals surface area (Å²) in [7, 11) is 0. The van der Waals surface area contributed by atoms with Crippen molar-refractivity contribution in [2.24, 2.45) is 0 Å². The molecule has 1 atom stereocenters. The van der Waals surface area contributed by atoms with Crippen molar-refractivity contribution in [2.45, 2.75) is 19.1 Å². The van der Waals surface area contributed by atoms with Crippen molar-refractivity contribution in [3.8, 4) is 5.75 Å². The van der Waals surface area contributed by atoms with Crippen LogP contribution in [0.5, 0.6) is 5.75 Å². The molecule has 1 unspecified atom stereocenters. The zero-order chi connectivity index (χ0) is 19.5. The Labute approximate surface area is 175 Å². The van der Waals surface area contributed by atoms with Crippen molar-refractivity contribution in [2.75, 3.05) is 11.9 Å². The highest BCUT2D eigenvalue weighted by molar-refractivity contribution is 7.15. The number of ether oxygens (including phenoxy) is 1. The van der Waals surface area contributed by atoms with Crippen LogP contribution in [0.4, 0.5) is 5.13 Å². The van der Waals surface area contributed by atoms with Crippen molar-refractivity contribution < 1.29 is 9.53 Å². The number of aromatic nitrogens is 2. The third-order valence-electron chi connectivity index (χ3n) is 4.33. The molecule has 1 aliphatic heterocycles. The van der Waals surface area contributed by atoms with Crippen LogP contribution in [0.1, 0.15) is 22.2 Å². The zero-order valence-electron chi connectivity index (χ0n) is 14.6. The third-order valence-corrected chi connectivity index (χ3v) is 5.73. The van der Waals surface area contributed by atoms with Gasteiger partial charge in [-0.3, -0.25) is 10.1 Å². The molecule has 0 saturated carbocycles. The van der Waals surface area contributed by atoms with Gasteiger partial charge in [0.05, 0.1) is 10.0 Å². The molecule has 2 aromatic carbocycles. The van der Waals surface area contributed by atoms with Gasteiger partial charge in [0.25, 0.3) is 0 Å². The SMILES string of the molecule is O=C(Nc1nnc(COc2c(Cl)cccc2Cl)s1)C1NCCc2ccccc21. The molecule has 0 radical (unpaired) electrons. The summed E-state index contributed by atoms with van der Waals surface area (Å²) >= 11 is 13.4. The Hall–Kier alpha value is -2.19. The van der Waals surface area contributed by atoms with Gasteiger partial charge in [-0.15, -0.1) is 10.2 Å². The second kappa shape index (κ2) is 8.45. The summed E-state index contributed by atoms with van der Waals surface area (Å²) in [5, 5.41) is 16.0. The molecule has 144 valence electrons. The fraction of sp³-hybridized carbons (Fsp3) is 0.211. The number of para-hydroxylation sites is 1. The van der Waals surface area contributed by atoms with E-state index in [0.717, 1.165) is 18.5 Å². The molecule has 0 bridgehead atoms. The number of fused-ring (bicyclic) bond motifs is 1. The summed E-state index contributed by atoms with van der Waals surface area (Å²) < 4.78 is 5.65. The van der Waals surface area contributed by atoms with Gasteiger partial charge in [-0.25, -0.2) is 0 Å². The number of hydrogen-bond donors (Lipinski definition) is 2. The van der Waals surface area contributed by atoms with Crippen molar-refractivity contribution in [3.63, 3.8) is 0 Å². The molecule has 1 aliphatic rings. The van der Waals surface area contributed by atoms with Gasteiger partial charge in [-0.2, -0.15) is 0 Å². The van der Waals surface area contributed by atoms with Crippen LogP contribution in [0.15, 0.2) is 42.5 Å². The van der Waals surface area contributed by atoms with Crippen molar-refractivity contribution in [1.29, 1.82) is 0 Å². The highest BCUT2D eigenvalue weighted by Gasteiger charge is 2.26. The van der Waals surface area contributed by atoms with E-state index in [4.69, 9.17) is 27.9 Å². The van der Waals surface area contributed by atoms with Crippen LogP contribution in [-0.4, -0.2) is 22.6 Å². The van der Waals surface area contributed by atoms with E-state index < -0.39 is 6.04 Å². The van der Waals surface area contributed by atoms with Crippen LogP contribution in [0.3, 0.4) is 0 Å². The standard InChI is InChI=1S/C19H16Cl2N4O2S/c20-13-6-3-7-14(21)17(13)27-10-15-24-25-19(28-15)23-18(26)16-12-5-2-1-4-11(12)8-9-22-16/h1-7,16,22H,8-10H2,(H,23,25,26). The lowest BCUT2D eigenvalue weighted by atomic mass is 9.94. The van der Waals surface area contributed by atoms with E-state index in [1.165, 1.54) is 16.9 Å². The Balaban J connectivity index is 1.41. The van der Waals surface area contributed by atoms with E-state index in [1.807, 2.05) is 18.2 Å². The Bertz CT molecular complexity index is 991. The van der Waals surface area contributed by atoms with Gasteiger partial charge in [0, 0.05) is 6.54 Å². The molecule has 0 spiro atoms. The maximum Gasteiger partial charge on any atom is 0.247 e. The van der Waals surface area contributed by atoms with Crippen LogP contribution in [0, 0.1) is 0 Å². The summed E-state index contributed by atoms with van der Waals surface area (Å²) in [6.45, 7) is 0.907. The van der Waals surface area contributed by atoms with Gasteiger partial charge in [0.1, 0.15) is 12.6 Å². The second-order valence-corrected chi connectivity index (χ2v) is 8.04. The molecule has 0 aliphatic carbocycles. The first-order valence-corrected chi connectivity index (χ1v) is 10.2. The van der Waals surface area contributed by atoms with E-state index in [0.29, 0.717) is 25.9 Å². The maximum absolute atomic E-state index is 12.7. The number of hydrogen-bond acceptors (Lipinski definition) is 6. The maximum atomic E-state index is 12.7. The largest absolute Gasteiger partial charge is 0.483 e. The molecular formula is C19H16Cl2N4O2S. The van der Waals surface area contributed by atoms with Gasteiger partial charge in [0.15, 0.2) is 10.8 Å². The van der Waals surface area contributed by atoms with Gasteiger partial charge in [-0.1, -0.05) is 64.9 Å². The lowest BCUT2D eigenvalue weighted by molar-refractivity contribution is -0.118. The Morgan fingerprint density at radius 2 is 1.96 bits per heavy atom. The van der Waals surface area contributed by atoms with E-state index in [1.54, 1.807) is 18.2 Å². The number of amides is 1. The fourth-order valence-corrected chi connectivity index (χ4v) is 4.20. The van der Waals surface area contributed by atoms with Gasteiger partial charge < -0.3 is 10.1 Å². The van der Waals surface area contributed by atoms with Crippen LogP contribution < -0.4 is 15.4 Å². The van der Waals surface area contributed by atoms with E-state index in [9.17, 15) is 4.79 Å². The predicted molar refractivity (Wildman–Crippen MR) is 110 cm³/mol. The number of nitrogens with zero attached hydrogens (tertiary/aromatic N) is 2. The third kappa shape index (κ3) is 4.12. The number of anilines is 1. The molecule has 28 heavy (non-hydrogen) atoms. The van der Waals surface area contributed by atoms with Gasteiger partial charge in [-0.05, 0) is 29.7 Å². The first-order chi connectivity index (χ1) is 13.6. The number of nitrogens with one attached hydrogen (secondary N) is 2. The smallest absolute Gasteiger partial charge is 0.247 e. The molecule has 0 saturated heterocycles. The van der Waals surface area contributed by atoms with Crippen molar-refractivity contribution in [3.05, 3.63) is 68.6 Å². The minimum atomic E-state index is -0.407. The topological polar surface area (TPSA) is 76.1 Å². The molecule has 1 aromatic heterocycles. The number of halogens is 2. The predicted octanol–water partition coefficient (Wildman–Crippen LogP) is 4.25. The lowest BCUT2D eigenvalue weighted by Crippen LogP contribution is -2.38. The highest BCUT2D eigenvalue weighted by Crippen LogP contribution is 2.33. The molecule has 9 heteroatoms. The number of carbonyl (C=O) groups excluding carboxylic acids is 1. The average molecular weight is 435 g/mol. The van der Waals surface area contributed by atoms with Gasteiger partial charge >= 0.3 is 0 Å². The molecule has 3 aromatic rings. The summed E-state index contributed by atoms with van der Waals surface area (Å²) in [6, 6.07) is 12.7. The second-order valence-electron chi connectivity index (χ2n) is 6.17. The van der Waals surface area contributed by atoms with E-state index in [-0.39, 0.29) is 12.5 Å². The van der Waals surface area contributed by atoms with Crippen molar-refractivity contribution >= 4 is 45.6 Å².